The monoisotopic (exact) mass is 385 g/mol. The molecule has 0 saturated carbocycles. The van der Waals surface area contributed by atoms with Gasteiger partial charge in [0.05, 0.1) is 16.6 Å². The molecule has 1 aliphatic rings. The number of nitrogens with one attached hydrogen (secondary N) is 1. The normalized spacial score (nSPS) is 12.1. The molecule has 3 aromatic carbocycles. The quantitative estimate of drug-likeness (QED) is 0.585. The van der Waals surface area contributed by atoms with Gasteiger partial charge >= 0.3 is 0 Å². The number of nitrogens with zero attached hydrogens (tertiary/aromatic N) is 2. The molecule has 0 fully saturated rings. The Bertz CT molecular complexity index is 1300. The molecule has 1 N–H and O–H groups in total. The van der Waals surface area contributed by atoms with Crippen molar-refractivity contribution < 1.29 is 14.3 Å². The Labute approximate surface area is 165 Å². The van der Waals surface area contributed by atoms with Gasteiger partial charge in [-0.05, 0) is 48.5 Å². The molecule has 5 rings (SSSR count). The first-order chi connectivity index (χ1) is 14.2. The summed E-state index contributed by atoms with van der Waals surface area (Å²) in [4.78, 5) is 29.6. The zero-order chi connectivity index (χ0) is 19.8. The summed E-state index contributed by atoms with van der Waals surface area (Å²) in [7, 11) is 0. The predicted octanol–water partition coefficient (Wildman–Crippen LogP) is 3.37. The van der Waals surface area contributed by atoms with Gasteiger partial charge in [-0.2, -0.15) is 0 Å². The highest BCUT2D eigenvalue weighted by Gasteiger charge is 2.15. The van der Waals surface area contributed by atoms with Crippen molar-refractivity contribution in [2.45, 2.75) is 0 Å². The number of carbonyl (C=O) groups is 1. The third-order valence-electron chi connectivity index (χ3n) is 4.70. The number of hydrogen-bond acceptors (Lipinski definition) is 5. The van der Waals surface area contributed by atoms with Crippen LogP contribution in [0.25, 0.3) is 16.6 Å². The minimum atomic E-state index is -0.264. The molecule has 7 heteroatoms. The van der Waals surface area contributed by atoms with Crippen molar-refractivity contribution in [3.8, 4) is 17.2 Å². The second kappa shape index (κ2) is 6.79. The predicted molar refractivity (Wildman–Crippen MR) is 108 cm³/mol. The van der Waals surface area contributed by atoms with Crippen molar-refractivity contribution in [1.82, 2.24) is 9.55 Å². The van der Waals surface area contributed by atoms with Crippen molar-refractivity contribution in [3.05, 3.63) is 89.0 Å². The topological polar surface area (TPSA) is 82.4 Å². The first-order valence-electron chi connectivity index (χ1n) is 8.97. The van der Waals surface area contributed by atoms with E-state index in [2.05, 4.69) is 10.3 Å². The lowest BCUT2D eigenvalue weighted by molar-refractivity contribution is 0.102. The van der Waals surface area contributed by atoms with E-state index in [1.54, 1.807) is 60.7 Å². The molecule has 0 unspecified atom stereocenters. The highest BCUT2D eigenvalue weighted by atomic mass is 16.7. The summed E-state index contributed by atoms with van der Waals surface area (Å²) >= 11 is 0. The van der Waals surface area contributed by atoms with Crippen LogP contribution in [0.4, 0.5) is 5.69 Å². The lowest BCUT2D eigenvalue weighted by Gasteiger charge is -2.09. The van der Waals surface area contributed by atoms with E-state index >= 15 is 0 Å². The van der Waals surface area contributed by atoms with Crippen LogP contribution in [0, 0.1) is 0 Å². The van der Waals surface area contributed by atoms with Crippen LogP contribution in [-0.4, -0.2) is 22.3 Å². The number of carbonyl (C=O) groups excluding carboxylic acids is 1. The van der Waals surface area contributed by atoms with Gasteiger partial charge in [-0.15, -0.1) is 0 Å². The van der Waals surface area contributed by atoms with E-state index in [9.17, 15) is 9.59 Å². The largest absolute Gasteiger partial charge is 0.454 e. The van der Waals surface area contributed by atoms with Gasteiger partial charge in [0.2, 0.25) is 6.79 Å². The molecule has 0 aliphatic carbocycles. The Morgan fingerprint density at radius 2 is 1.76 bits per heavy atom. The SMILES string of the molecule is O=C(Nc1ccc2c(c1)OCO2)c1ccc(-n2cnc3ccccc3c2=O)cc1. The van der Waals surface area contributed by atoms with Gasteiger partial charge < -0.3 is 14.8 Å². The number of fused-ring (bicyclic) bond motifs is 2. The highest BCUT2D eigenvalue weighted by Crippen LogP contribution is 2.34. The maximum absolute atomic E-state index is 12.7. The van der Waals surface area contributed by atoms with E-state index in [0.29, 0.717) is 39.3 Å². The summed E-state index contributed by atoms with van der Waals surface area (Å²) in [5.41, 5.74) is 2.20. The molecule has 0 saturated heterocycles. The van der Waals surface area contributed by atoms with Gasteiger partial charge in [-0.1, -0.05) is 12.1 Å². The van der Waals surface area contributed by atoms with E-state index in [0.717, 1.165) is 0 Å². The van der Waals surface area contributed by atoms with Crippen LogP contribution in [-0.2, 0) is 0 Å². The van der Waals surface area contributed by atoms with Crippen LogP contribution in [0.15, 0.2) is 77.9 Å². The molecule has 0 radical (unpaired) electrons. The minimum Gasteiger partial charge on any atom is -0.454 e. The van der Waals surface area contributed by atoms with Crippen LogP contribution >= 0.6 is 0 Å². The van der Waals surface area contributed by atoms with Gasteiger partial charge in [0, 0.05) is 17.3 Å². The van der Waals surface area contributed by atoms with Crippen LogP contribution in [0.5, 0.6) is 11.5 Å². The maximum atomic E-state index is 12.7. The Morgan fingerprint density at radius 3 is 2.62 bits per heavy atom. The Balaban J connectivity index is 1.39. The molecule has 2 heterocycles. The summed E-state index contributed by atoms with van der Waals surface area (Å²) in [5.74, 6) is 0.988. The smallest absolute Gasteiger partial charge is 0.265 e. The third-order valence-corrected chi connectivity index (χ3v) is 4.70. The molecular weight excluding hydrogens is 370 g/mol. The number of rotatable bonds is 3. The van der Waals surface area contributed by atoms with E-state index in [4.69, 9.17) is 9.47 Å². The average Bonchev–Trinajstić information content (AvgIpc) is 3.22. The molecule has 0 spiro atoms. The van der Waals surface area contributed by atoms with Crippen LogP contribution in [0.2, 0.25) is 0 Å². The van der Waals surface area contributed by atoms with Crippen LogP contribution in [0.1, 0.15) is 10.4 Å². The maximum Gasteiger partial charge on any atom is 0.265 e. The van der Waals surface area contributed by atoms with E-state index < -0.39 is 0 Å². The molecule has 29 heavy (non-hydrogen) atoms. The van der Waals surface area contributed by atoms with Crippen molar-refractivity contribution in [3.63, 3.8) is 0 Å². The van der Waals surface area contributed by atoms with Crippen LogP contribution < -0.4 is 20.3 Å². The van der Waals surface area contributed by atoms with E-state index in [1.165, 1.54) is 10.9 Å². The molecule has 1 aromatic heterocycles. The number of ether oxygens (including phenoxy) is 2. The average molecular weight is 385 g/mol. The number of para-hydroxylation sites is 1. The summed E-state index contributed by atoms with van der Waals surface area (Å²) < 4.78 is 12.0. The van der Waals surface area contributed by atoms with Crippen molar-refractivity contribution >= 4 is 22.5 Å². The summed E-state index contributed by atoms with van der Waals surface area (Å²) in [6.07, 6.45) is 1.49. The molecule has 0 atom stereocenters. The molecule has 1 aliphatic heterocycles. The summed E-state index contributed by atoms with van der Waals surface area (Å²) in [6, 6.07) is 19.2. The zero-order valence-corrected chi connectivity index (χ0v) is 15.2. The number of benzene rings is 3. The number of amides is 1. The molecule has 0 bridgehead atoms. The van der Waals surface area contributed by atoms with Gasteiger partial charge in [0.1, 0.15) is 6.33 Å². The van der Waals surface area contributed by atoms with Gasteiger partial charge in [0.15, 0.2) is 11.5 Å². The lowest BCUT2D eigenvalue weighted by atomic mass is 10.1. The van der Waals surface area contributed by atoms with Gasteiger partial charge in [-0.25, -0.2) is 4.98 Å². The first-order valence-corrected chi connectivity index (χ1v) is 8.97. The summed E-state index contributed by atoms with van der Waals surface area (Å²) in [6.45, 7) is 0.178. The van der Waals surface area contributed by atoms with E-state index in [-0.39, 0.29) is 18.3 Å². The fourth-order valence-corrected chi connectivity index (χ4v) is 3.20. The van der Waals surface area contributed by atoms with Gasteiger partial charge in [-0.3, -0.25) is 14.2 Å². The first kappa shape index (κ1) is 17.0. The molecule has 142 valence electrons. The van der Waals surface area contributed by atoms with Crippen molar-refractivity contribution in [2.75, 3.05) is 12.1 Å². The summed E-state index contributed by atoms with van der Waals surface area (Å²) in [5, 5.41) is 3.37. The van der Waals surface area contributed by atoms with Crippen molar-refractivity contribution in [2.24, 2.45) is 0 Å². The molecule has 4 aromatic rings. The number of aromatic nitrogens is 2. The fraction of sp³-hybridized carbons (Fsp3) is 0.0455. The second-order valence-electron chi connectivity index (χ2n) is 6.51. The van der Waals surface area contributed by atoms with Crippen molar-refractivity contribution in [1.29, 1.82) is 0 Å². The van der Waals surface area contributed by atoms with E-state index in [1.807, 2.05) is 6.07 Å². The van der Waals surface area contributed by atoms with Crippen LogP contribution in [0.3, 0.4) is 0 Å². The highest BCUT2D eigenvalue weighted by molar-refractivity contribution is 6.04. The zero-order valence-electron chi connectivity index (χ0n) is 15.2. The minimum absolute atomic E-state index is 0.159. The van der Waals surface area contributed by atoms with Gasteiger partial charge in [0.25, 0.3) is 11.5 Å². The Hall–Kier alpha value is -4.13. The number of anilines is 1. The standard InChI is InChI=1S/C22H15N3O4/c26-21(24-15-7-10-19-20(11-15)29-13-28-19)14-5-8-16(9-6-14)25-12-23-18-4-2-1-3-17(18)22(25)27/h1-12H,13H2,(H,24,26). The lowest BCUT2D eigenvalue weighted by Crippen LogP contribution is -2.19. The number of hydrogen-bond donors (Lipinski definition) is 1. The third kappa shape index (κ3) is 3.08. The Morgan fingerprint density at radius 1 is 0.966 bits per heavy atom. The molecular formula is C22H15N3O4. The molecule has 7 nitrogen and oxygen atoms in total. The fourth-order valence-electron chi connectivity index (χ4n) is 3.20. The second-order valence-corrected chi connectivity index (χ2v) is 6.51. The molecule has 1 amide bonds. The Kier molecular flexibility index (Phi) is 3.98.